The fourth-order valence-electron chi connectivity index (χ4n) is 2.02. The summed E-state index contributed by atoms with van der Waals surface area (Å²) in [7, 11) is 1.65. The summed E-state index contributed by atoms with van der Waals surface area (Å²) in [4.78, 5) is 4.24. The summed E-state index contributed by atoms with van der Waals surface area (Å²) in [5, 5.41) is 4.16. The van der Waals surface area contributed by atoms with E-state index in [1.165, 1.54) is 16.8 Å². The van der Waals surface area contributed by atoms with E-state index in [0.29, 0.717) is 17.0 Å². The molecule has 3 rings (SSSR count). The van der Waals surface area contributed by atoms with Crippen molar-refractivity contribution in [3.8, 4) is 22.8 Å². The molecule has 3 aromatic rings. The number of nitrogens with zero attached hydrogens (tertiary/aromatic N) is 3. The highest BCUT2D eigenvalue weighted by atomic mass is 19.1. The van der Waals surface area contributed by atoms with E-state index in [0.717, 1.165) is 0 Å². The van der Waals surface area contributed by atoms with Gasteiger partial charge in [-0.15, -0.1) is 0 Å². The number of hydrogen-bond donors (Lipinski definition) is 0. The summed E-state index contributed by atoms with van der Waals surface area (Å²) in [6.07, 6.45) is 0. The van der Waals surface area contributed by atoms with Gasteiger partial charge in [-0.1, -0.05) is 24.3 Å². The number of rotatable bonds is 2. The van der Waals surface area contributed by atoms with Gasteiger partial charge in [0.15, 0.2) is 11.6 Å². The highest BCUT2D eigenvalue weighted by Crippen LogP contribution is 2.25. The monoisotopic (exact) mass is 271 g/mol. The molecule has 0 saturated carbocycles. The first kappa shape index (κ1) is 12.5. The molecule has 0 radical (unpaired) electrons. The summed E-state index contributed by atoms with van der Waals surface area (Å²) in [5.41, 5.74) is 0.635. The molecule has 0 amide bonds. The van der Waals surface area contributed by atoms with Crippen molar-refractivity contribution in [2.24, 2.45) is 7.05 Å². The maximum atomic E-state index is 13.8. The van der Waals surface area contributed by atoms with E-state index in [1.807, 2.05) is 0 Å². The summed E-state index contributed by atoms with van der Waals surface area (Å²) in [6, 6.07) is 12.5. The highest BCUT2D eigenvalue weighted by molar-refractivity contribution is 5.62. The van der Waals surface area contributed by atoms with Gasteiger partial charge < -0.3 is 0 Å². The lowest BCUT2D eigenvalue weighted by atomic mass is 10.2. The predicted octanol–water partition coefficient (Wildman–Crippen LogP) is 3.43. The molecular formula is C15H11F2N3. The Bertz CT molecular complexity index is 765. The third-order valence-corrected chi connectivity index (χ3v) is 2.99. The Morgan fingerprint density at radius 1 is 0.850 bits per heavy atom. The zero-order valence-corrected chi connectivity index (χ0v) is 10.7. The molecule has 0 bridgehead atoms. The van der Waals surface area contributed by atoms with Crippen LogP contribution in [-0.2, 0) is 7.05 Å². The molecule has 0 unspecified atom stereocenters. The quantitative estimate of drug-likeness (QED) is 0.715. The van der Waals surface area contributed by atoms with Crippen molar-refractivity contribution in [1.29, 1.82) is 0 Å². The van der Waals surface area contributed by atoms with Crippen LogP contribution in [0.3, 0.4) is 0 Å². The van der Waals surface area contributed by atoms with E-state index in [1.54, 1.807) is 43.4 Å². The Hall–Kier alpha value is -2.56. The van der Waals surface area contributed by atoms with E-state index < -0.39 is 5.82 Å². The number of aryl methyl sites for hydroxylation is 1. The molecule has 0 N–H and O–H groups in total. The van der Waals surface area contributed by atoms with Crippen LogP contribution in [0.4, 0.5) is 8.78 Å². The van der Waals surface area contributed by atoms with Crippen LogP contribution in [0.1, 0.15) is 0 Å². The van der Waals surface area contributed by atoms with Crippen LogP contribution in [0.5, 0.6) is 0 Å². The van der Waals surface area contributed by atoms with Gasteiger partial charge in [0.05, 0.1) is 11.1 Å². The second kappa shape index (κ2) is 4.85. The molecule has 5 heteroatoms. The second-order valence-electron chi connectivity index (χ2n) is 4.34. The van der Waals surface area contributed by atoms with Crippen LogP contribution in [0.25, 0.3) is 22.8 Å². The maximum absolute atomic E-state index is 13.8. The van der Waals surface area contributed by atoms with Crippen LogP contribution in [0.2, 0.25) is 0 Å². The Balaban J connectivity index is 2.13. The van der Waals surface area contributed by atoms with E-state index in [4.69, 9.17) is 0 Å². The molecule has 3 nitrogen and oxygen atoms in total. The van der Waals surface area contributed by atoms with Crippen LogP contribution < -0.4 is 0 Å². The van der Waals surface area contributed by atoms with Crippen molar-refractivity contribution in [1.82, 2.24) is 14.8 Å². The van der Waals surface area contributed by atoms with Crippen molar-refractivity contribution in [2.75, 3.05) is 0 Å². The number of aromatic nitrogens is 3. The normalized spacial score (nSPS) is 10.8. The smallest absolute Gasteiger partial charge is 0.184 e. The van der Waals surface area contributed by atoms with Crippen LogP contribution >= 0.6 is 0 Å². The van der Waals surface area contributed by atoms with E-state index in [9.17, 15) is 8.78 Å². The molecule has 0 aliphatic heterocycles. The van der Waals surface area contributed by atoms with Gasteiger partial charge in [-0.2, -0.15) is 5.10 Å². The van der Waals surface area contributed by atoms with Gasteiger partial charge in [0.2, 0.25) is 0 Å². The topological polar surface area (TPSA) is 30.7 Å². The van der Waals surface area contributed by atoms with Gasteiger partial charge in [-0.3, -0.25) is 0 Å². The molecular weight excluding hydrogens is 260 g/mol. The number of benzene rings is 2. The van der Waals surface area contributed by atoms with E-state index in [2.05, 4.69) is 10.1 Å². The zero-order valence-electron chi connectivity index (χ0n) is 10.7. The standard InChI is InChI=1S/C15H11F2N3/c1-20-15(11-7-3-5-9-13(11)17)18-14(19-20)10-6-2-4-8-12(10)16/h2-9H,1H3. The lowest BCUT2D eigenvalue weighted by Gasteiger charge is -2.00. The molecule has 1 aromatic heterocycles. The Labute approximate surface area is 114 Å². The van der Waals surface area contributed by atoms with Crippen molar-refractivity contribution in [2.45, 2.75) is 0 Å². The number of hydrogen-bond acceptors (Lipinski definition) is 2. The minimum Gasteiger partial charge on any atom is -0.248 e. The van der Waals surface area contributed by atoms with Gasteiger partial charge in [0.1, 0.15) is 11.6 Å². The SMILES string of the molecule is Cn1nc(-c2ccccc2F)nc1-c1ccccc1F. The Kier molecular flexibility index (Phi) is 3.02. The zero-order chi connectivity index (χ0) is 14.1. The van der Waals surface area contributed by atoms with Crippen molar-refractivity contribution in [3.63, 3.8) is 0 Å². The molecule has 0 atom stereocenters. The fourth-order valence-corrected chi connectivity index (χ4v) is 2.02. The van der Waals surface area contributed by atoms with Gasteiger partial charge in [-0.05, 0) is 24.3 Å². The van der Waals surface area contributed by atoms with Crippen molar-refractivity contribution in [3.05, 3.63) is 60.2 Å². The summed E-state index contributed by atoms with van der Waals surface area (Å²) in [6.45, 7) is 0. The summed E-state index contributed by atoms with van der Waals surface area (Å²) < 4.78 is 29.0. The minimum absolute atomic E-state index is 0.240. The average Bonchev–Trinajstić information content (AvgIpc) is 2.81. The third kappa shape index (κ3) is 2.07. The molecule has 1 heterocycles. The maximum Gasteiger partial charge on any atom is 0.184 e. The largest absolute Gasteiger partial charge is 0.248 e. The summed E-state index contributed by atoms with van der Waals surface area (Å²) >= 11 is 0. The minimum atomic E-state index is -0.404. The molecule has 20 heavy (non-hydrogen) atoms. The Morgan fingerprint density at radius 3 is 2.00 bits per heavy atom. The highest BCUT2D eigenvalue weighted by Gasteiger charge is 2.15. The second-order valence-corrected chi connectivity index (χ2v) is 4.34. The van der Waals surface area contributed by atoms with Gasteiger partial charge >= 0.3 is 0 Å². The van der Waals surface area contributed by atoms with Crippen LogP contribution in [0, 0.1) is 11.6 Å². The molecule has 0 fully saturated rings. The molecule has 0 saturated heterocycles. The van der Waals surface area contributed by atoms with Gasteiger partial charge in [0.25, 0.3) is 0 Å². The first-order valence-corrected chi connectivity index (χ1v) is 6.07. The lowest BCUT2D eigenvalue weighted by molar-refractivity contribution is 0.626. The van der Waals surface area contributed by atoms with Crippen LogP contribution in [0.15, 0.2) is 48.5 Å². The molecule has 100 valence electrons. The molecule has 0 spiro atoms. The van der Waals surface area contributed by atoms with Crippen molar-refractivity contribution < 1.29 is 8.78 Å². The number of halogens is 2. The Morgan fingerprint density at radius 2 is 1.40 bits per heavy atom. The van der Waals surface area contributed by atoms with E-state index in [-0.39, 0.29) is 11.6 Å². The molecule has 2 aromatic carbocycles. The average molecular weight is 271 g/mol. The van der Waals surface area contributed by atoms with Gasteiger partial charge in [-0.25, -0.2) is 18.4 Å². The summed E-state index contributed by atoms with van der Waals surface area (Å²) in [5.74, 6) is -0.188. The van der Waals surface area contributed by atoms with Crippen LogP contribution in [-0.4, -0.2) is 14.8 Å². The third-order valence-electron chi connectivity index (χ3n) is 2.99. The first-order valence-electron chi connectivity index (χ1n) is 6.07. The fraction of sp³-hybridized carbons (Fsp3) is 0.0667. The lowest BCUT2D eigenvalue weighted by Crippen LogP contribution is -1.96. The first-order chi connectivity index (χ1) is 9.66. The van der Waals surface area contributed by atoms with E-state index >= 15 is 0 Å². The predicted molar refractivity (Wildman–Crippen MR) is 71.8 cm³/mol. The van der Waals surface area contributed by atoms with Crippen molar-refractivity contribution >= 4 is 0 Å². The van der Waals surface area contributed by atoms with Gasteiger partial charge in [0, 0.05) is 7.05 Å². The molecule has 0 aliphatic carbocycles. The molecule has 0 aliphatic rings.